The lowest BCUT2D eigenvalue weighted by molar-refractivity contribution is -0.343. The Kier molecular flexibility index (Phi) is 7.15. The number of alkyl halides is 7. The van der Waals surface area contributed by atoms with Crippen molar-refractivity contribution in [2.75, 3.05) is 0 Å². The van der Waals surface area contributed by atoms with Crippen LogP contribution >= 0.6 is 0 Å². The van der Waals surface area contributed by atoms with Gasteiger partial charge in [-0.05, 0) is 98.2 Å². The maximum atomic E-state index is 14.1. The fourth-order valence-corrected chi connectivity index (χ4v) is 8.92. The Bertz CT molecular complexity index is 838. The van der Waals surface area contributed by atoms with Crippen LogP contribution in [0.5, 0.6) is 0 Å². The summed E-state index contributed by atoms with van der Waals surface area (Å²) in [6.45, 7) is 6.28. The SMILES string of the molecule is CC(CCCC(F)(C(F)(F)F)C(F)(F)F)[C@H]1CC[C@H]2[C@@H]3[C@H](O)C=C4C[C@@H](O)CC[C@]4(C)[C@H]3CC[C@]12C. The van der Waals surface area contributed by atoms with Crippen molar-refractivity contribution in [1.29, 1.82) is 0 Å². The Morgan fingerprint density at radius 2 is 1.56 bits per heavy atom. The van der Waals surface area contributed by atoms with Gasteiger partial charge in [0.2, 0.25) is 0 Å². The molecule has 0 amide bonds. The summed E-state index contributed by atoms with van der Waals surface area (Å²) in [7, 11) is 0. The van der Waals surface area contributed by atoms with E-state index in [2.05, 4.69) is 13.8 Å². The van der Waals surface area contributed by atoms with Gasteiger partial charge in [-0.2, -0.15) is 26.3 Å². The zero-order chi connectivity index (χ0) is 26.9. The Hall–Kier alpha value is -0.830. The first kappa shape index (κ1) is 28.2. The van der Waals surface area contributed by atoms with Gasteiger partial charge in [0.25, 0.3) is 5.67 Å². The molecule has 0 saturated heterocycles. The molecule has 0 radical (unpaired) electrons. The molecule has 36 heavy (non-hydrogen) atoms. The van der Waals surface area contributed by atoms with Crippen LogP contribution in [-0.4, -0.2) is 40.4 Å². The quantitative estimate of drug-likeness (QED) is 0.286. The first-order chi connectivity index (χ1) is 16.5. The Balaban J connectivity index is 1.47. The highest BCUT2D eigenvalue weighted by molar-refractivity contribution is 5.28. The lowest BCUT2D eigenvalue weighted by atomic mass is 9.46. The van der Waals surface area contributed by atoms with Crippen molar-refractivity contribution in [3.63, 3.8) is 0 Å². The van der Waals surface area contributed by atoms with Crippen LogP contribution in [0.2, 0.25) is 0 Å². The van der Waals surface area contributed by atoms with Crippen molar-refractivity contribution < 1.29 is 40.9 Å². The summed E-state index contributed by atoms with van der Waals surface area (Å²) < 4.78 is 91.7. The molecule has 2 nitrogen and oxygen atoms in total. The lowest BCUT2D eigenvalue weighted by Crippen LogP contribution is -2.55. The zero-order valence-electron chi connectivity index (χ0n) is 21.2. The minimum Gasteiger partial charge on any atom is -0.393 e. The molecule has 9 atom stereocenters. The molecule has 4 rings (SSSR count). The molecule has 0 spiro atoms. The van der Waals surface area contributed by atoms with E-state index in [1.54, 1.807) is 0 Å². The van der Waals surface area contributed by atoms with E-state index in [4.69, 9.17) is 0 Å². The molecule has 0 bridgehead atoms. The fourth-order valence-electron chi connectivity index (χ4n) is 8.92. The monoisotopic (exact) mass is 528 g/mol. The molecule has 4 aliphatic rings. The fraction of sp³-hybridized carbons (Fsp3) is 0.926. The third kappa shape index (κ3) is 4.32. The van der Waals surface area contributed by atoms with E-state index in [1.807, 2.05) is 13.0 Å². The molecule has 9 heteroatoms. The van der Waals surface area contributed by atoms with Gasteiger partial charge >= 0.3 is 12.4 Å². The van der Waals surface area contributed by atoms with Crippen LogP contribution in [0.25, 0.3) is 0 Å². The Morgan fingerprint density at radius 3 is 2.17 bits per heavy atom. The second-order valence-electron chi connectivity index (χ2n) is 12.7. The third-order valence-electron chi connectivity index (χ3n) is 10.9. The average molecular weight is 529 g/mol. The molecule has 208 valence electrons. The standard InChI is InChI=1S/C27H39F7O2/c1-15(5-4-10-25(28,26(29,30)31)27(32,33)34)18-6-7-19-22-20(9-12-24(18,19)3)23(2)11-8-17(35)13-16(23)14-21(22)36/h14-15,17-22,35-36H,4-13H2,1-3H3/t15?,17-,18+,19-,20-,21+,22-,23-,24+/m0/s1. The van der Waals surface area contributed by atoms with Gasteiger partial charge in [-0.3, -0.25) is 0 Å². The summed E-state index contributed by atoms with van der Waals surface area (Å²) in [6.07, 6.45) is -7.38. The number of aliphatic hydroxyl groups excluding tert-OH is 2. The van der Waals surface area contributed by atoms with Gasteiger partial charge in [-0.1, -0.05) is 38.8 Å². The van der Waals surface area contributed by atoms with E-state index in [0.717, 1.165) is 44.1 Å². The predicted molar refractivity (Wildman–Crippen MR) is 122 cm³/mol. The van der Waals surface area contributed by atoms with Crippen molar-refractivity contribution in [2.45, 2.75) is 115 Å². The molecule has 0 aromatic heterocycles. The minimum atomic E-state index is -5.99. The summed E-state index contributed by atoms with van der Waals surface area (Å²) in [5, 5.41) is 21.4. The van der Waals surface area contributed by atoms with Crippen molar-refractivity contribution in [2.24, 2.45) is 40.4 Å². The van der Waals surface area contributed by atoms with Crippen LogP contribution in [0.4, 0.5) is 30.7 Å². The molecule has 0 heterocycles. The molecule has 4 aliphatic carbocycles. The van der Waals surface area contributed by atoms with Gasteiger partial charge in [0.15, 0.2) is 0 Å². The molecule has 2 N–H and O–H groups in total. The molecule has 3 saturated carbocycles. The smallest absolute Gasteiger partial charge is 0.393 e. The summed E-state index contributed by atoms with van der Waals surface area (Å²) >= 11 is 0. The second-order valence-corrected chi connectivity index (χ2v) is 12.7. The van der Waals surface area contributed by atoms with Gasteiger partial charge in [0.05, 0.1) is 12.2 Å². The summed E-state index contributed by atoms with van der Waals surface area (Å²) in [4.78, 5) is 0. The summed E-state index contributed by atoms with van der Waals surface area (Å²) in [5.74, 6) is 0.518. The van der Waals surface area contributed by atoms with Crippen LogP contribution in [0.3, 0.4) is 0 Å². The predicted octanol–water partition coefficient (Wildman–Crippen LogP) is 7.54. The molecular weight excluding hydrogens is 489 g/mol. The molecule has 0 aromatic rings. The topological polar surface area (TPSA) is 40.5 Å². The van der Waals surface area contributed by atoms with Gasteiger partial charge in [0, 0.05) is 0 Å². The molecule has 3 fully saturated rings. The van der Waals surface area contributed by atoms with Gasteiger partial charge < -0.3 is 10.2 Å². The first-order valence-corrected chi connectivity index (χ1v) is 13.4. The first-order valence-electron chi connectivity index (χ1n) is 13.4. The number of hydrogen-bond acceptors (Lipinski definition) is 2. The maximum absolute atomic E-state index is 14.1. The van der Waals surface area contributed by atoms with E-state index >= 15 is 0 Å². The number of aliphatic hydroxyl groups is 2. The second kappa shape index (κ2) is 9.13. The van der Waals surface area contributed by atoms with Crippen molar-refractivity contribution in [3.8, 4) is 0 Å². The normalized spacial score (nSPS) is 42.3. The Morgan fingerprint density at radius 1 is 0.917 bits per heavy atom. The van der Waals surface area contributed by atoms with E-state index in [1.165, 1.54) is 0 Å². The Labute approximate surface area is 208 Å². The maximum Gasteiger partial charge on any atom is 0.431 e. The largest absolute Gasteiger partial charge is 0.431 e. The molecule has 1 unspecified atom stereocenters. The van der Waals surface area contributed by atoms with Gasteiger partial charge in [0.1, 0.15) is 0 Å². The molecular formula is C27H39F7O2. The average Bonchev–Trinajstić information content (AvgIpc) is 3.10. The van der Waals surface area contributed by atoms with Crippen LogP contribution in [0, 0.1) is 40.4 Å². The molecule has 0 aromatic carbocycles. The number of fused-ring (bicyclic) bond motifs is 5. The lowest BCUT2D eigenvalue weighted by Gasteiger charge is -2.59. The van der Waals surface area contributed by atoms with E-state index < -0.39 is 37.0 Å². The molecule has 0 aliphatic heterocycles. The van der Waals surface area contributed by atoms with Crippen molar-refractivity contribution in [1.82, 2.24) is 0 Å². The highest BCUT2D eigenvalue weighted by Crippen LogP contribution is 2.67. The number of rotatable bonds is 5. The highest BCUT2D eigenvalue weighted by Gasteiger charge is 2.71. The zero-order valence-corrected chi connectivity index (χ0v) is 21.2. The van der Waals surface area contributed by atoms with Crippen LogP contribution < -0.4 is 0 Å². The van der Waals surface area contributed by atoms with Crippen LogP contribution in [0.1, 0.15) is 85.0 Å². The van der Waals surface area contributed by atoms with Crippen LogP contribution in [0.15, 0.2) is 11.6 Å². The van der Waals surface area contributed by atoms with Crippen molar-refractivity contribution >= 4 is 0 Å². The third-order valence-corrected chi connectivity index (χ3v) is 10.9. The van der Waals surface area contributed by atoms with E-state index in [-0.39, 0.29) is 52.9 Å². The van der Waals surface area contributed by atoms with Crippen molar-refractivity contribution in [3.05, 3.63) is 11.6 Å². The van der Waals surface area contributed by atoms with E-state index in [9.17, 15) is 40.9 Å². The summed E-state index contributed by atoms with van der Waals surface area (Å²) in [6, 6.07) is 0. The van der Waals surface area contributed by atoms with Crippen LogP contribution in [-0.2, 0) is 0 Å². The van der Waals surface area contributed by atoms with Gasteiger partial charge in [-0.15, -0.1) is 0 Å². The summed E-state index contributed by atoms with van der Waals surface area (Å²) in [5.41, 5.74) is -4.27. The van der Waals surface area contributed by atoms with E-state index in [0.29, 0.717) is 6.42 Å². The number of hydrogen-bond donors (Lipinski definition) is 2. The number of halogens is 7. The minimum absolute atomic E-state index is 0.0545. The highest BCUT2D eigenvalue weighted by atomic mass is 19.4. The van der Waals surface area contributed by atoms with Gasteiger partial charge in [-0.25, -0.2) is 4.39 Å².